The number of hydrogen-bond donors (Lipinski definition) is 1. The van der Waals surface area contributed by atoms with E-state index in [0.29, 0.717) is 11.4 Å². The van der Waals surface area contributed by atoms with Gasteiger partial charge in [-0.3, -0.25) is 0 Å². The molecule has 0 atom stereocenters. The van der Waals surface area contributed by atoms with E-state index in [2.05, 4.69) is 14.7 Å². The maximum atomic E-state index is 12.3. The zero-order valence-electron chi connectivity index (χ0n) is 12.3. The number of aromatic nitrogens is 2. The van der Waals surface area contributed by atoms with Gasteiger partial charge in [0.2, 0.25) is 5.95 Å². The Morgan fingerprint density at radius 2 is 1.57 bits per heavy atom. The van der Waals surface area contributed by atoms with Gasteiger partial charge in [-0.15, -0.1) is 0 Å². The first-order chi connectivity index (χ1) is 10.5. The first-order valence-electron chi connectivity index (χ1n) is 6.56. The van der Waals surface area contributed by atoms with Crippen molar-refractivity contribution in [2.75, 3.05) is 4.72 Å². The minimum atomic E-state index is -4.34. The summed E-state index contributed by atoms with van der Waals surface area (Å²) >= 11 is 0. The Morgan fingerprint density at radius 1 is 1.04 bits per heavy atom. The quantitative estimate of drug-likeness (QED) is 0.925. The zero-order valence-corrected chi connectivity index (χ0v) is 13.2. The molecule has 1 heterocycles. The third-order valence-corrected chi connectivity index (χ3v) is 4.19. The van der Waals surface area contributed by atoms with Gasteiger partial charge < -0.3 is 0 Å². The Hall–Kier alpha value is -2.16. The number of benzene rings is 1. The summed E-state index contributed by atoms with van der Waals surface area (Å²) in [7, 11) is -3.96. The lowest BCUT2D eigenvalue weighted by molar-refractivity contribution is -0.127. The van der Waals surface area contributed by atoms with E-state index in [9.17, 15) is 21.6 Å². The lowest BCUT2D eigenvalue weighted by Crippen LogP contribution is -2.16. The summed E-state index contributed by atoms with van der Waals surface area (Å²) in [6.07, 6.45) is -5.45. The molecule has 23 heavy (non-hydrogen) atoms. The van der Waals surface area contributed by atoms with Crippen LogP contribution in [0, 0.1) is 13.8 Å². The van der Waals surface area contributed by atoms with Gasteiger partial charge in [-0.25, -0.2) is 23.1 Å². The molecule has 0 amide bonds. The summed E-state index contributed by atoms with van der Waals surface area (Å²) in [6.45, 7) is 3.39. The molecule has 124 valence electrons. The van der Waals surface area contributed by atoms with E-state index in [1.54, 1.807) is 19.9 Å². The van der Waals surface area contributed by atoms with Crippen LogP contribution < -0.4 is 4.72 Å². The highest BCUT2D eigenvalue weighted by molar-refractivity contribution is 7.92. The van der Waals surface area contributed by atoms with Crippen molar-refractivity contribution in [3.8, 4) is 0 Å². The lowest BCUT2D eigenvalue weighted by atomic mass is 10.1. The summed E-state index contributed by atoms with van der Waals surface area (Å²) in [5.74, 6) is -0.0816. The van der Waals surface area contributed by atoms with E-state index in [4.69, 9.17) is 0 Å². The normalized spacial score (nSPS) is 12.2. The van der Waals surface area contributed by atoms with Crippen LogP contribution in [0.1, 0.15) is 17.0 Å². The van der Waals surface area contributed by atoms with Crippen LogP contribution in [0.5, 0.6) is 0 Å². The fraction of sp³-hybridized carbons (Fsp3) is 0.286. The maximum Gasteiger partial charge on any atom is 0.393 e. The highest BCUT2D eigenvalue weighted by Crippen LogP contribution is 2.22. The molecule has 1 N–H and O–H groups in total. The molecule has 1 aromatic heterocycles. The van der Waals surface area contributed by atoms with E-state index < -0.39 is 22.6 Å². The van der Waals surface area contributed by atoms with Crippen LogP contribution in [0.3, 0.4) is 0 Å². The molecule has 5 nitrogen and oxygen atoms in total. The summed E-state index contributed by atoms with van der Waals surface area (Å²) < 4.78 is 63.5. The SMILES string of the molecule is Cc1cc(C)nc(NS(=O)(=O)c2ccc(CC(F)(F)F)cc2)n1. The van der Waals surface area contributed by atoms with Crippen LogP contribution in [0.2, 0.25) is 0 Å². The minimum absolute atomic E-state index is 0.0147. The zero-order chi connectivity index (χ0) is 17.3. The predicted octanol–water partition coefficient (Wildman–Crippen LogP) is 3.00. The number of alkyl halides is 3. The average Bonchev–Trinajstić information content (AvgIpc) is 2.35. The fourth-order valence-corrected chi connectivity index (χ4v) is 2.91. The monoisotopic (exact) mass is 345 g/mol. The molecule has 0 radical (unpaired) electrons. The maximum absolute atomic E-state index is 12.3. The smallest absolute Gasteiger partial charge is 0.247 e. The second-order valence-corrected chi connectivity index (χ2v) is 6.70. The van der Waals surface area contributed by atoms with Crippen LogP contribution in [0.15, 0.2) is 35.2 Å². The lowest BCUT2D eigenvalue weighted by Gasteiger charge is -2.09. The molecule has 0 unspecified atom stereocenters. The van der Waals surface area contributed by atoms with Gasteiger partial charge in [-0.2, -0.15) is 13.2 Å². The van der Waals surface area contributed by atoms with Gasteiger partial charge in [-0.05, 0) is 37.6 Å². The summed E-state index contributed by atoms with van der Waals surface area (Å²) in [4.78, 5) is 7.76. The number of hydrogen-bond acceptors (Lipinski definition) is 4. The highest BCUT2D eigenvalue weighted by atomic mass is 32.2. The van der Waals surface area contributed by atoms with Crippen LogP contribution in [-0.4, -0.2) is 24.6 Å². The largest absolute Gasteiger partial charge is 0.393 e. The number of halogens is 3. The van der Waals surface area contributed by atoms with Crippen molar-refractivity contribution in [1.82, 2.24) is 9.97 Å². The van der Waals surface area contributed by atoms with Crippen molar-refractivity contribution in [1.29, 1.82) is 0 Å². The molecule has 2 aromatic rings. The van der Waals surface area contributed by atoms with E-state index >= 15 is 0 Å². The van der Waals surface area contributed by atoms with Crippen molar-refractivity contribution in [3.63, 3.8) is 0 Å². The van der Waals surface area contributed by atoms with Gasteiger partial charge >= 0.3 is 6.18 Å². The molecule has 0 aliphatic heterocycles. The molecule has 1 aromatic carbocycles. The topological polar surface area (TPSA) is 72.0 Å². The van der Waals surface area contributed by atoms with E-state index in [0.717, 1.165) is 24.3 Å². The first-order valence-corrected chi connectivity index (χ1v) is 8.04. The van der Waals surface area contributed by atoms with Crippen molar-refractivity contribution >= 4 is 16.0 Å². The Balaban J connectivity index is 2.22. The standard InChI is InChI=1S/C14H14F3N3O2S/c1-9-7-10(2)19-13(18-9)20-23(21,22)12-5-3-11(4-6-12)8-14(15,16)17/h3-7H,8H2,1-2H3,(H,18,19,20). The van der Waals surface area contributed by atoms with Gasteiger partial charge in [-0.1, -0.05) is 12.1 Å². The van der Waals surface area contributed by atoms with Gasteiger partial charge in [0.05, 0.1) is 11.3 Å². The van der Waals surface area contributed by atoms with E-state index in [1.807, 2.05) is 0 Å². The molecular formula is C14H14F3N3O2S. The van der Waals surface area contributed by atoms with Crippen LogP contribution in [0.4, 0.5) is 19.1 Å². The van der Waals surface area contributed by atoms with E-state index in [-0.39, 0.29) is 16.4 Å². The summed E-state index contributed by atoms with van der Waals surface area (Å²) in [6, 6.07) is 6.18. The molecule has 0 bridgehead atoms. The molecule has 0 saturated heterocycles. The predicted molar refractivity (Wildman–Crippen MR) is 78.5 cm³/mol. The highest BCUT2D eigenvalue weighted by Gasteiger charge is 2.27. The molecule has 9 heteroatoms. The van der Waals surface area contributed by atoms with Gasteiger partial charge in [0, 0.05) is 11.4 Å². The molecule has 0 aliphatic carbocycles. The van der Waals surface area contributed by atoms with E-state index in [1.165, 1.54) is 0 Å². The number of nitrogens with one attached hydrogen (secondary N) is 1. The number of rotatable bonds is 4. The Labute approximate surface area is 131 Å². The second kappa shape index (κ2) is 6.15. The number of nitrogens with zero attached hydrogens (tertiary/aromatic N) is 2. The Morgan fingerprint density at radius 3 is 2.04 bits per heavy atom. The Kier molecular flexibility index (Phi) is 4.60. The number of anilines is 1. The van der Waals surface area contributed by atoms with Gasteiger partial charge in [0.25, 0.3) is 10.0 Å². The van der Waals surface area contributed by atoms with Gasteiger partial charge in [0.15, 0.2) is 0 Å². The van der Waals surface area contributed by atoms with Crippen molar-refractivity contribution in [3.05, 3.63) is 47.3 Å². The minimum Gasteiger partial charge on any atom is -0.247 e. The summed E-state index contributed by atoms with van der Waals surface area (Å²) in [5, 5.41) is 0. The molecular weight excluding hydrogens is 331 g/mol. The van der Waals surface area contributed by atoms with Crippen LogP contribution in [0.25, 0.3) is 0 Å². The van der Waals surface area contributed by atoms with Crippen LogP contribution in [-0.2, 0) is 16.4 Å². The van der Waals surface area contributed by atoms with Crippen molar-refractivity contribution in [2.45, 2.75) is 31.3 Å². The third-order valence-electron chi connectivity index (χ3n) is 2.85. The van der Waals surface area contributed by atoms with Gasteiger partial charge in [0.1, 0.15) is 0 Å². The van der Waals surface area contributed by atoms with Crippen LogP contribution >= 0.6 is 0 Å². The number of sulfonamides is 1. The van der Waals surface area contributed by atoms with Crippen molar-refractivity contribution in [2.24, 2.45) is 0 Å². The summed E-state index contributed by atoms with van der Waals surface area (Å²) in [5.41, 5.74) is 1.17. The third kappa shape index (κ3) is 4.92. The second-order valence-electron chi connectivity index (χ2n) is 5.02. The molecule has 0 saturated carbocycles. The molecule has 0 spiro atoms. The fourth-order valence-electron chi connectivity index (χ4n) is 1.97. The Bertz CT molecular complexity index is 783. The molecule has 0 aliphatic rings. The molecule has 0 fully saturated rings. The average molecular weight is 345 g/mol. The molecule has 2 rings (SSSR count). The number of aryl methyl sites for hydroxylation is 2. The first kappa shape index (κ1) is 17.2. The van der Waals surface area contributed by atoms with Crippen molar-refractivity contribution < 1.29 is 21.6 Å².